The van der Waals surface area contributed by atoms with Crippen molar-refractivity contribution in [2.45, 2.75) is 89.6 Å². The molecule has 2 saturated carbocycles. The Morgan fingerprint density at radius 3 is 1.86 bits per heavy atom. The third-order valence-electron chi connectivity index (χ3n) is 5.29. The Labute approximate surface area is 129 Å². The van der Waals surface area contributed by atoms with Gasteiger partial charge in [0.05, 0.1) is 0 Å². The molecule has 0 aromatic heterocycles. The van der Waals surface area contributed by atoms with E-state index >= 15 is 0 Å². The van der Waals surface area contributed by atoms with Crippen molar-refractivity contribution in [1.82, 2.24) is 4.90 Å². The second-order valence-corrected chi connectivity index (χ2v) is 6.67. The van der Waals surface area contributed by atoms with Gasteiger partial charge in [-0.25, -0.2) is 4.79 Å². The molecule has 120 valence electrons. The third kappa shape index (κ3) is 4.84. The number of rotatable bonds is 6. The molecular formula is C18H31NO2. The van der Waals surface area contributed by atoms with Crippen LogP contribution in [0.3, 0.4) is 0 Å². The monoisotopic (exact) mass is 293 g/mol. The van der Waals surface area contributed by atoms with Crippen LogP contribution in [-0.4, -0.2) is 34.6 Å². The highest BCUT2D eigenvalue weighted by Gasteiger charge is 2.28. The molecule has 0 saturated heterocycles. The predicted molar refractivity (Wildman–Crippen MR) is 86.5 cm³/mol. The number of aliphatic carboxylic acids is 1. The van der Waals surface area contributed by atoms with Gasteiger partial charge in [-0.3, -0.25) is 4.90 Å². The Morgan fingerprint density at radius 1 is 1.00 bits per heavy atom. The molecule has 2 aliphatic rings. The summed E-state index contributed by atoms with van der Waals surface area (Å²) in [7, 11) is 0. The van der Waals surface area contributed by atoms with Crippen LogP contribution in [0.15, 0.2) is 11.6 Å². The van der Waals surface area contributed by atoms with E-state index in [-0.39, 0.29) is 0 Å². The lowest BCUT2D eigenvalue weighted by atomic mass is 9.88. The molecular weight excluding hydrogens is 262 g/mol. The maximum Gasteiger partial charge on any atom is 0.331 e. The lowest BCUT2D eigenvalue weighted by molar-refractivity contribution is -0.132. The van der Waals surface area contributed by atoms with Crippen LogP contribution in [0.2, 0.25) is 0 Å². The first-order valence-electron chi connectivity index (χ1n) is 8.90. The highest BCUT2D eigenvalue weighted by Crippen LogP contribution is 2.30. The van der Waals surface area contributed by atoms with Crippen LogP contribution in [0.25, 0.3) is 0 Å². The maximum atomic E-state index is 11.2. The van der Waals surface area contributed by atoms with Gasteiger partial charge in [-0.05, 0) is 32.1 Å². The van der Waals surface area contributed by atoms with Gasteiger partial charge < -0.3 is 5.11 Å². The number of hydrogen-bond acceptors (Lipinski definition) is 2. The van der Waals surface area contributed by atoms with Crippen molar-refractivity contribution in [3.8, 4) is 0 Å². The summed E-state index contributed by atoms with van der Waals surface area (Å²) in [5.41, 5.74) is 0.576. The van der Waals surface area contributed by atoms with Crippen molar-refractivity contribution in [1.29, 1.82) is 0 Å². The molecule has 3 nitrogen and oxygen atoms in total. The van der Waals surface area contributed by atoms with Crippen molar-refractivity contribution in [3.05, 3.63) is 11.6 Å². The molecule has 0 aliphatic heterocycles. The van der Waals surface area contributed by atoms with Crippen LogP contribution >= 0.6 is 0 Å². The smallest absolute Gasteiger partial charge is 0.331 e. The molecule has 0 amide bonds. The Bertz CT molecular complexity index is 334. The van der Waals surface area contributed by atoms with Gasteiger partial charge in [0, 0.05) is 24.2 Å². The van der Waals surface area contributed by atoms with Crippen molar-refractivity contribution in [3.63, 3.8) is 0 Å². The lowest BCUT2D eigenvalue weighted by Crippen LogP contribution is -2.45. The van der Waals surface area contributed by atoms with E-state index in [9.17, 15) is 9.90 Å². The zero-order chi connectivity index (χ0) is 15.1. The van der Waals surface area contributed by atoms with Crippen LogP contribution < -0.4 is 0 Å². The standard InChI is InChI=1S/C18H31NO2/c1-2-15(18(20)21)13-14-19(16-9-5-3-6-10-16)17-11-7-4-8-12-17/h13,16-17H,2-12,14H2,1H3,(H,20,21). The average Bonchev–Trinajstić information content (AvgIpc) is 2.53. The Kier molecular flexibility index (Phi) is 6.75. The zero-order valence-electron chi connectivity index (χ0n) is 13.5. The minimum Gasteiger partial charge on any atom is -0.478 e. The van der Waals surface area contributed by atoms with Crippen LogP contribution in [0, 0.1) is 0 Å². The molecule has 0 atom stereocenters. The normalized spacial score (nSPS) is 22.7. The SMILES string of the molecule is CCC(=CCN(C1CCCCC1)C1CCCCC1)C(=O)O. The molecule has 0 bridgehead atoms. The molecule has 2 rings (SSSR count). The van der Waals surface area contributed by atoms with Crippen molar-refractivity contribution in [2.24, 2.45) is 0 Å². The van der Waals surface area contributed by atoms with Gasteiger partial charge in [-0.15, -0.1) is 0 Å². The molecule has 0 spiro atoms. The largest absolute Gasteiger partial charge is 0.478 e. The fourth-order valence-corrected chi connectivity index (χ4v) is 4.02. The van der Waals surface area contributed by atoms with Gasteiger partial charge in [-0.1, -0.05) is 51.5 Å². The quantitative estimate of drug-likeness (QED) is 0.739. The third-order valence-corrected chi connectivity index (χ3v) is 5.29. The van der Waals surface area contributed by atoms with Crippen LogP contribution in [0.5, 0.6) is 0 Å². The summed E-state index contributed by atoms with van der Waals surface area (Å²) in [6, 6.07) is 1.37. The Hall–Kier alpha value is -0.830. The van der Waals surface area contributed by atoms with E-state index in [2.05, 4.69) is 4.90 Å². The second-order valence-electron chi connectivity index (χ2n) is 6.67. The minimum atomic E-state index is -0.746. The minimum absolute atomic E-state index is 0.576. The molecule has 2 aliphatic carbocycles. The molecule has 2 fully saturated rings. The van der Waals surface area contributed by atoms with Crippen LogP contribution in [-0.2, 0) is 4.79 Å². The van der Waals surface area contributed by atoms with E-state index < -0.39 is 5.97 Å². The topological polar surface area (TPSA) is 40.5 Å². The summed E-state index contributed by atoms with van der Waals surface area (Å²) < 4.78 is 0. The highest BCUT2D eigenvalue weighted by atomic mass is 16.4. The summed E-state index contributed by atoms with van der Waals surface area (Å²) >= 11 is 0. The maximum absolute atomic E-state index is 11.2. The molecule has 0 aromatic rings. The van der Waals surface area contributed by atoms with Crippen molar-refractivity contribution in [2.75, 3.05) is 6.54 Å². The first-order valence-corrected chi connectivity index (χ1v) is 8.90. The van der Waals surface area contributed by atoms with Gasteiger partial charge in [0.2, 0.25) is 0 Å². The molecule has 3 heteroatoms. The number of hydrogen-bond donors (Lipinski definition) is 1. The van der Waals surface area contributed by atoms with Crippen molar-refractivity contribution >= 4 is 5.97 Å². The molecule has 0 radical (unpaired) electrons. The van der Waals surface area contributed by atoms with E-state index in [4.69, 9.17) is 0 Å². The van der Waals surface area contributed by atoms with Gasteiger partial charge in [0.25, 0.3) is 0 Å². The second kappa shape index (κ2) is 8.57. The van der Waals surface area contributed by atoms with E-state index in [1.165, 1.54) is 64.2 Å². The summed E-state index contributed by atoms with van der Waals surface area (Å²) in [6.45, 7) is 2.77. The first-order chi connectivity index (χ1) is 10.2. The van der Waals surface area contributed by atoms with E-state index in [0.717, 1.165) is 6.54 Å². The molecule has 0 aromatic carbocycles. The average molecular weight is 293 g/mol. The number of carbonyl (C=O) groups is 1. The first kappa shape index (κ1) is 16.5. The van der Waals surface area contributed by atoms with Gasteiger partial charge in [0.1, 0.15) is 0 Å². The fourth-order valence-electron chi connectivity index (χ4n) is 4.02. The van der Waals surface area contributed by atoms with Gasteiger partial charge in [-0.2, -0.15) is 0 Å². The summed E-state index contributed by atoms with van der Waals surface area (Å²) in [4.78, 5) is 13.9. The Morgan fingerprint density at radius 2 is 1.48 bits per heavy atom. The number of nitrogens with zero attached hydrogens (tertiary/aromatic N) is 1. The molecule has 0 heterocycles. The van der Waals surface area contributed by atoms with Gasteiger partial charge >= 0.3 is 5.97 Å². The summed E-state index contributed by atoms with van der Waals surface area (Å²) in [5.74, 6) is -0.746. The van der Waals surface area contributed by atoms with E-state index in [1.54, 1.807) is 0 Å². The predicted octanol–water partition coefficient (Wildman–Crippen LogP) is 4.37. The van der Waals surface area contributed by atoms with Crippen LogP contribution in [0.1, 0.15) is 77.6 Å². The molecule has 21 heavy (non-hydrogen) atoms. The van der Waals surface area contributed by atoms with E-state index in [1.807, 2.05) is 13.0 Å². The number of carboxylic acids is 1. The molecule has 0 unspecified atom stereocenters. The summed E-state index contributed by atoms with van der Waals surface area (Å²) in [6.07, 6.45) is 15.9. The fraction of sp³-hybridized carbons (Fsp3) is 0.833. The van der Waals surface area contributed by atoms with E-state index in [0.29, 0.717) is 24.1 Å². The summed E-state index contributed by atoms with van der Waals surface area (Å²) in [5, 5.41) is 9.22. The lowest BCUT2D eigenvalue weighted by Gasteiger charge is -2.41. The van der Waals surface area contributed by atoms with Gasteiger partial charge in [0.15, 0.2) is 0 Å². The number of carboxylic acid groups (broad SMARTS) is 1. The molecule has 1 N–H and O–H groups in total. The van der Waals surface area contributed by atoms with Crippen LogP contribution in [0.4, 0.5) is 0 Å². The Balaban J connectivity index is 2.04. The highest BCUT2D eigenvalue weighted by molar-refractivity contribution is 5.86. The van der Waals surface area contributed by atoms with Crippen molar-refractivity contribution < 1.29 is 9.90 Å². The zero-order valence-corrected chi connectivity index (χ0v) is 13.5.